The summed E-state index contributed by atoms with van der Waals surface area (Å²) in [7, 11) is 0. The molecule has 0 N–H and O–H groups in total. The highest BCUT2D eigenvalue weighted by molar-refractivity contribution is 5.86. The monoisotopic (exact) mass is 520 g/mol. The summed E-state index contributed by atoms with van der Waals surface area (Å²) in [5.74, 6) is -0.900. The van der Waals surface area contributed by atoms with Gasteiger partial charge in [-0.2, -0.15) is 0 Å². The van der Waals surface area contributed by atoms with E-state index in [2.05, 4.69) is 0 Å². The minimum Gasteiger partial charge on any atom is -0.459 e. The Morgan fingerprint density at radius 3 is 1.42 bits per heavy atom. The highest BCUT2D eigenvalue weighted by atomic mass is 16.5. The molecule has 0 radical (unpaired) electrons. The van der Waals surface area contributed by atoms with E-state index in [9.17, 15) is 19.2 Å². The number of likely N-dealkylation sites (tertiary alicyclic amines) is 2. The molecule has 8 heteroatoms. The molecule has 0 aliphatic carbocycles. The van der Waals surface area contributed by atoms with Gasteiger partial charge < -0.3 is 19.3 Å². The molecular formula is C30H36N2O6. The summed E-state index contributed by atoms with van der Waals surface area (Å²) in [6.07, 6.45) is 4.39. The standard InChI is InChI=1S/C30H36N2O6/c33-27(31-19-9-15-25(31)29(35)37-21-23-11-3-1-4-12-23)17-7-8-18-28(34)32-20-10-16-26(32)30(36)38-22-24-13-5-2-6-14-24/h1-6,11-14,25-26H,7-10,15-22H2/t25-,26-/m1/s1. The van der Waals surface area contributed by atoms with Gasteiger partial charge in [0.25, 0.3) is 0 Å². The van der Waals surface area contributed by atoms with E-state index in [-0.39, 0.29) is 49.8 Å². The number of benzene rings is 2. The third kappa shape index (κ3) is 7.43. The lowest BCUT2D eigenvalue weighted by Gasteiger charge is -2.24. The molecule has 38 heavy (non-hydrogen) atoms. The van der Waals surface area contributed by atoms with E-state index in [0.29, 0.717) is 38.8 Å². The van der Waals surface area contributed by atoms with Crippen molar-refractivity contribution in [1.82, 2.24) is 9.80 Å². The Kier molecular flexibility index (Phi) is 9.90. The number of rotatable bonds is 11. The van der Waals surface area contributed by atoms with E-state index in [0.717, 1.165) is 24.0 Å². The SMILES string of the molecule is O=C(OCc1ccccc1)[C@H]1CCCN1C(=O)CCCCC(=O)N1CCC[C@@H]1C(=O)OCc1ccccc1. The van der Waals surface area contributed by atoms with Crippen molar-refractivity contribution in [2.75, 3.05) is 13.1 Å². The summed E-state index contributed by atoms with van der Waals surface area (Å²) in [6.45, 7) is 1.47. The maximum atomic E-state index is 12.8. The Hall–Kier alpha value is -3.68. The van der Waals surface area contributed by atoms with Crippen LogP contribution >= 0.6 is 0 Å². The van der Waals surface area contributed by atoms with Gasteiger partial charge in [-0.25, -0.2) is 9.59 Å². The smallest absolute Gasteiger partial charge is 0.329 e. The number of carbonyl (C=O) groups excluding carboxylic acids is 4. The van der Waals surface area contributed by atoms with Crippen LogP contribution < -0.4 is 0 Å². The van der Waals surface area contributed by atoms with Gasteiger partial charge in [0.1, 0.15) is 25.3 Å². The van der Waals surface area contributed by atoms with E-state index in [1.165, 1.54) is 0 Å². The van der Waals surface area contributed by atoms with Crippen LogP contribution in [0.25, 0.3) is 0 Å². The molecule has 2 aromatic carbocycles. The summed E-state index contributed by atoms with van der Waals surface area (Å²) >= 11 is 0. The fourth-order valence-electron chi connectivity index (χ4n) is 5.11. The molecule has 8 nitrogen and oxygen atoms in total. The number of carbonyl (C=O) groups is 4. The molecule has 0 aromatic heterocycles. The predicted molar refractivity (Wildman–Crippen MR) is 140 cm³/mol. The molecule has 2 aromatic rings. The maximum Gasteiger partial charge on any atom is 0.329 e. The minimum atomic E-state index is -0.542. The van der Waals surface area contributed by atoms with Crippen molar-refractivity contribution in [3.63, 3.8) is 0 Å². The van der Waals surface area contributed by atoms with Crippen molar-refractivity contribution in [3.05, 3.63) is 71.8 Å². The number of amides is 2. The van der Waals surface area contributed by atoms with Crippen LogP contribution in [0.1, 0.15) is 62.5 Å². The lowest BCUT2D eigenvalue weighted by Crippen LogP contribution is -2.41. The molecule has 2 saturated heterocycles. The second-order valence-electron chi connectivity index (χ2n) is 9.88. The molecule has 2 amide bonds. The Morgan fingerprint density at radius 2 is 1.03 bits per heavy atom. The first kappa shape index (κ1) is 27.4. The largest absolute Gasteiger partial charge is 0.459 e. The average Bonchev–Trinajstić information content (AvgIpc) is 3.64. The van der Waals surface area contributed by atoms with Gasteiger partial charge in [0.05, 0.1) is 0 Å². The van der Waals surface area contributed by atoms with E-state index in [4.69, 9.17) is 9.47 Å². The Balaban J connectivity index is 1.16. The van der Waals surface area contributed by atoms with Crippen molar-refractivity contribution >= 4 is 23.8 Å². The molecule has 2 heterocycles. The summed E-state index contributed by atoms with van der Waals surface area (Å²) in [6, 6.07) is 17.9. The summed E-state index contributed by atoms with van der Waals surface area (Å²) in [4.78, 5) is 54.1. The minimum absolute atomic E-state index is 0.0832. The van der Waals surface area contributed by atoms with Crippen LogP contribution in [0.5, 0.6) is 0 Å². The number of hydrogen-bond donors (Lipinski definition) is 0. The fourth-order valence-corrected chi connectivity index (χ4v) is 5.11. The zero-order chi connectivity index (χ0) is 26.7. The average molecular weight is 521 g/mol. The van der Waals surface area contributed by atoms with Crippen LogP contribution in [0.2, 0.25) is 0 Å². The van der Waals surface area contributed by atoms with Gasteiger partial charge >= 0.3 is 11.9 Å². The van der Waals surface area contributed by atoms with E-state index in [1.54, 1.807) is 9.80 Å². The number of ether oxygens (including phenoxy) is 2. The molecule has 0 unspecified atom stereocenters. The van der Waals surface area contributed by atoms with Gasteiger partial charge in [0, 0.05) is 25.9 Å². The molecule has 2 atom stereocenters. The summed E-state index contributed by atoms with van der Waals surface area (Å²) < 4.78 is 10.9. The number of hydrogen-bond acceptors (Lipinski definition) is 6. The van der Waals surface area contributed by atoms with Gasteiger partial charge in [0.2, 0.25) is 11.8 Å². The van der Waals surface area contributed by atoms with Crippen molar-refractivity contribution < 1.29 is 28.7 Å². The van der Waals surface area contributed by atoms with E-state index in [1.807, 2.05) is 60.7 Å². The van der Waals surface area contributed by atoms with Crippen molar-refractivity contribution in [2.24, 2.45) is 0 Å². The summed E-state index contributed by atoms with van der Waals surface area (Å²) in [5.41, 5.74) is 1.82. The predicted octanol–water partition coefficient (Wildman–Crippen LogP) is 4.02. The van der Waals surface area contributed by atoms with E-state index < -0.39 is 12.1 Å². The molecule has 2 fully saturated rings. The third-order valence-corrected chi connectivity index (χ3v) is 7.17. The number of nitrogens with zero attached hydrogens (tertiary/aromatic N) is 2. The van der Waals surface area contributed by atoms with Crippen molar-refractivity contribution in [3.8, 4) is 0 Å². The van der Waals surface area contributed by atoms with E-state index >= 15 is 0 Å². The third-order valence-electron chi connectivity index (χ3n) is 7.17. The molecule has 0 saturated carbocycles. The summed E-state index contributed by atoms with van der Waals surface area (Å²) in [5, 5.41) is 0. The van der Waals surface area contributed by atoms with Crippen LogP contribution in [-0.4, -0.2) is 58.7 Å². The zero-order valence-electron chi connectivity index (χ0n) is 21.8. The first-order valence-corrected chi connectivity index (χ1v) is 13.5. The Bertz CT molecular complexity index is 1000. The first-order chi connectivity index (χ1) is 18.5. The second kappa shape index (κ2) is 13.7. The van der Waals surface area contributed by atoms with Gasteiger partial charge in [-0.15, -0.1) is 0 Å². The highest BCUT2D eigenvalue weighted by Gasteiger charge is 2.36. The number of unbranched alkanes of at least 4 members (excludes halogenated alkanes) is 1. The lowest BCUT2D eigenvalue weighted by atomic mass is 10.1. The first-order valence-electron chi connectivity index (χ1n) is 13.5. The van der Waals surface area contributed by atoms with Crippen molar-refractivity contribution in [2.45, 2.75) is 76.7 Å². The lowest BCUT2D eigenvalue weighted by molar-refractivity contribution is -0.155. The van der Waals surface area contributed by atoms with Gasteiger partial charge in [-0.1, -0.05) is 60.7 Å². The Morgan fingerprint density at radius 1 is 0.632 bits per heavy atom. The van der Waals surface area contributed by atoms with Crippen LogP contribution in [0.4, 0.5) is 0 Å². The second-order valence-corrected chi connectivity index (χ2v) is 9.88. The number of esters is 2. The zero-order valence-corrected chi connectivity index (χ0v) is 21.8. The van der Waals surface area contributed by atoms with Crippen molar-refractivity contribution in [1.29, 1.82) is 0 Å². The molecular weight excluding hydrogens is 484 g/mol. The highest BCUT2D eigenvalue weighted by Crippen LogP contribution is 2.23. The van der Waals surface area contributed by atoms with Crippen LogP contribution in [0, 0.1) is 0 Å². The quantitative estimate of drug-likeness (QED) is 0.328. The maximum absolute atomic E-state index is 12.8. The molecule has 4 rings (SSSR count). The fraction of sp³-hybridized carbons (Fsp3) is 0.467. The molecule has 2 aliphatic rings. The normalized spacial score (nSPS) is 18.8. The molecule has 0 spiro atoms. The van der Waals surface area contributed by atoms with Gasteiger partial charge in [-0.3, -0.25) is 9.59 Å². The van der Waals surface area contributed by atoms with Gasteiger partial charge in [-0.05, 0) is 49.7 Å². The Labute approximate surface area is 223 Å². The van der Waals surface area contributed by atoms with Crippen LogP contribution in [0.15, 0.2) is 60.7 Å². The molecule has 2 aliphatic heterocycles. The van der Waals surface area contributed by atoms with Crippen LogP contribution in [-0.2, 0) is 41.9 Å². The topological polar surface area (TPSA) is 93.2 Å². The van der Waals surface area contributed by atoms with Gasteiger partial charge in [0.15, 0.2) is 0 Å². The molecule has 202 valence electrons. The molecule has 0 bridgehead atoms. The van der Waals surface area contributed by atoms with Crippen LogP contribution in [0.3, 0.4) is 0 Å².